The van der Waals surface area contributed by atoms with Crippen LogP contribution in [-0.4, -0.2) is 25.7 Å². The van der Waals surface area contributed by atoms with Crippen LogP contribution in [0.25, 0.3) is 0 Å². The maximum absolute atomic E-state index is 11.8. The Labute approximate surface area is 113 Å². The molecule has 1 saturated carbocycles. The fourth-order valence-electron chi connectivity index (χ4n) is 1.66. The highest BCUT2D eigenvalue weighted by Crippen LogP contribution is 2.28. The lowest BCUT2D eigenvalue weighted by molar-refractivity contribution is 0.0937. The predicted molar refractivity (Wildman–Crippen MR) is 74.2 cm³/mol. The zero-order valence-corrected chi connectivity index (χ0v) is 11.3. The molecule has 2 rings (SSSR count). The summed E-state index contributed by atoms with van der Waals surface area (Å²) in [5.74, 6) is 0.755. The van der Waals surface area contributed by atoms with Gasteiger partial charge in [0.15, 0.2) is 0 Å². The Kier molecular flexibility index (Phi) is 5.08. The largest absolute Gasteiger partial charge is 0.381 e. The first-order valence-corrected chi connectivity index (χ1v) is 6.85. The van der Waals surface area contributed by atoms with Crippen LogP contribution in [0.1, 0.15) is 29.6 Å². The van der Waals surface area contributed by atoms with Crippen molar-refractivity contribution in [3.63, 3.8) is 0 Å². The topological polar surface area (TPSA) is 38.3 Å². The molecular formula is C14H19NO2S. The lowest BCUT2D eigenvalue weighted by atomic mass is 10.2. The molecule has 0 aliphatic heterocycles. The van der Waals surface area contributed by atoms with Crippen LogP contribution in [0.5, 0.6) is 0 Å². The smallest absolute Gasteiger partial charge is 0.251 e. The van der Waals surface area contributed by atoms with Gasteiger partial charge in [-0.15, -0.1) is 12.6 Å². The number of hydrogen-bond donors (Lipinski definition) is 2. The van der Waals surface area contributed by atoms with E-state index < -0.39 is 0 Å². The molecule has 0 bridgehead atoms. The highest BCUT2D eigenvalue weighted by atomic mass is 32.1. The van der Waals surface area contributed by atoms with Gasteiger partial charge < -0.3 is 10.1 Å². The van der Waals surface area contributed by atoms with Crippen LogP contribution in [0, 0.1) is 5.92 Å². The summed E-state index contributed by atoms with van der Waals surface area (Å²) in [5, 5.41) is 2.88. The van der Waals surface area contributed by atoms with E-state index in [0.717, 1.165) is 30.4 Å². The average Bonchev–Trinajstić information content (AvgIpc) is 3.17. The highest BCUT2D eigenvalue weighted by Gasteiger charge is 2.20. The Balaban J connectivity index is 1.59. The van der Waals surface area contributed by atoms with E-state index in [-0.39, 0.29) is 5.91 Å². The van der Waals surface area contributed by atoms with Crippen LogP contribution >= 0.6 is 12.6 Å². The third-order valence-electron chi connectivity index (χ3n) is 2.91. The summed E-state index contributed by atoms with van der Waals surface area (Å²) in [6, 6.07) is 7.24. The predicted octanol–water partition coefficient (Wildman–Crippen LogP) is 2.52. The number of ether oxygens (including phenoxy) is 1. The van der Waals surface area contributed by atoms with Gasteiger partial charge in [-0.2, -0.15) is 0 Å². The minimum atomic E-state index is -0.0481. The molecule has 1 N–H and O–H groups in total. The number of nitrogens with one attached hydrogen (secondary N) is 1. The van der Waals surface area contributed by atoms with Gasteiger partial charge in [0.05, 0.1) is 0 Å². The maximum atomic E-state index is 11.8. The van der Waals surface area contributed by atoms with Crippen molar-refractivity contribution in [1.29, 1.82) is 0 Å². The van der Waals surface area contributed by atoms with E-state index in [1.165, 1.54) is 12.8 Å². The Morgan fingerprint density at radius 3 is 3.00 bits per heavy atom. The van der Waals surface area contributed by atoms with Crippen LogP contribution in [0.2, 0.25) is 0 Å². The van der Waals surface area contributed by atoms with E-state index >= 15 is 0 Å². The first kappa shape index (κ1) is 13.4. The van der Waals surface area contributed by atoms with Gasteiger partial charge >= 0.3 is 0 Å². The van der Waals surface area contributed by atoms with Crippen molar-refractivity contribution < 1.29 is 9.53 Å². The second-order valence-electron chi connectivity index (χ2n) is 4.68. The van der Waals surface area contributed by atoms with Crippen molar-refractivity contribution in [2.75, 3.05) is 19.8 Å². The molecule has 1 fully saturated rings. The van der Waals surface area contributed by atoms with Crippen LogP contribution in [0.4, 0.5) is 0 Å². The van der Waals surface area contributed by atoms with Crippen LogP contribution in [0.3, 0.4) is 0 Å². The van der Waals surface area contributed by atoms with Crippen molar-refractivity contribution in [3.8, 4) is 0 Å². The van der Waals surface area contributed by atoms with E-state index in [2.05, 4.69) is 17.9 Å². The molecule has 0 atom stereocenters. The summed E-state index contributed by atoms with van der Waals surface area (Å²) < 4.78 is 5.50. The molecule has 98 valence electrons. The zero-order chi connectivity index (χ0) is 12.8. The number of benzene rings is 1. The molecule has 0 saturated heterocycles. The van der Waals surface area contributed by atoms with Gasteiger partial charge in [-0.05, 0) is 43.4 Å². The van der Waals surface area contributed by atoms with Crippen LogP contribution in [0.15, 0.2) is 29.2 Å². The second-order valence-corrected chi connectivity index (χ2v) is 5.19. The zero-order valence-electron chi connectivity index (χ0n) is 10.4. The molecule has 3 nitrogen and oxygen atoms in total. The molecule has 18 heavy (non-hydrogen) atoms. The number of amides is 1. The van der Waals surface area contributed by atoms with E-state index in [1.807, 2.05) is 12.1 Å². The molecule has 1 aromatic carbocycles. The van der Waals surface area contributed by atoms with Crippen molar-refractivity contribution in [3.05, 3.63) is 29.8 Å². The lowest BCUT2D eigenvalue weighted by Crippen LogP contribution is -2.25. The molecule has 1 aliphatic carbocycles. The summed E-state index contributed by atoms with van der Waals surface area (Å²) in [6.45, 7) is 2.26. The summed E-state index contributed by atoms with van der Waals surface area (Å²) in [6.07, 6.45) is 3.49. The molecular weight excluding hydrogens is 246 g/mol. The molecule has 1 aromatic rings. The van der Waals surface area contributed by atoms with E-state index in [1.54, 1.807) is 12.1 Å². The fourth-order valence-corrected chi connectivity index (χ4v) is 1.89. The van der Waals surface area contributed by atoms with Gasteiger partial charge in [0.1, 0.15) is 0 Å². The third kappa shape index (κ3) is 4.70. The van der Waals surface area contributed by atoms with Crippen molar-refractivity contribution in [2.24, 2.45) is 5.92 Å². The number of thiol groups is 1. The van der Waals surface area contributed by atoms with Gasteiger partial charge in [0.2, 0.25) is 0 Å². The molecule has 0 aromatic heterocycles. The summed E-state index contributed by atoms with van der Waals surface area (Å²) >= 11 is 4.21. The van der Waals surface area contributed by atoms with Crippen molar-refractivity contribution >= 4 is 18.5 Å². The second kappa shape index (κ2) is 6.81. The summed E-state index contributed by atoms with van der Waals surface area (Å²) in [4.78, 5) is 12.6. The molecule has 4 heteroatoms. The Bertz CT molecular complexity index is 405. The molecule has 0 radical (unpaired) electrons. The molecule has 1 aliphatic rings. The highest BCUT2D eigenvalue weighted by molar-refractivity contribution is 7.80. The lowest BCUT2D eigenvalue weighted by Gasteiger charge is -2.06. The minimum Gasteiger partial charge on any atom is -0.381 e. The number of carbonyl (C=O) groups is 1. The Morgan fingerprint density at radius 2 is 2.28 bits per heavy atom. The third-order valence-corrected chi connectivity index (χ3v) is 3.19. The van der Waals surface area contributed by atoms with E-state index in [9.17, 15) is 4.79 Å². The minimum absolute atomic E-state index is 0.0481. The van der Waals surface area contributed by atoms with Gasteiger partial charge in [-0.25, -0.2) is 0 Å². The fraction of sp³-hybridized carbons (Fsp3) is 0.500. The molecule has 0 unspecified atom stereocenters. The molecule has 0 heterocycles. The van der Waals surface area contributed by atoms with Gasteiger partial charge in [-0.1, -0.05) is 6.07 Å². The summed E-state index contributed by atoms with van der Waals surface area (Å²) in [5.41, 5.74) is 0.654. The molecule has 0 spiro atoms. The summed E-state index contributed by atoms with van der Waals surface area (Å²) in [7, 11) is 0. The first-order valence-electron chi connectivity index (χ1n) is 6.40. The SMILES string of the molecule is O=C(NCCCOCC1CC1)c1cccc(S)c1. The monoisotopic (exact) mass is 265 g/mol. The van der Waals surface area contributed by atoms with Crippen molar-refractivity contribution in [1.82, 2.24) is 5.32 Å². The van der Waals surface area contributed by atoms with Crippen LogP contribution < -0.4 is 5.32 Å². The van der Waals surface area contributed by atoms with Crippen molar-refractivity contribution in [2.45, 2.75) is 24.2 Å². The number of rotatable bonds is 7. The average molecular weight is 265 g/mol. The van der Waals surface area contributed by atoms with Gasteiger partial charge in [-0.3, -0.25) is 4.79 Å². The molecule has 1 amide bonds. The normalized spacial score (nSPS) is 14.5. The van der Waals surface area contributed by atoms with Gasteiger partial charge in [0, 0.05) is 30.2 Å². The van der Waals surface area contributed by atoms with Crippen LogP contribution in [-0.2, 0) is 4.74 Å². The van der Waals surface area contributed by atoms with E-state index in [4.69, 9.17) is 4.74 Å². The number of carbonyl (C=O) groups excluding carboxylic acids is 1. The number of hydrogen-bond acceptors (Lipinski definition) is 3. The Morgan fingerprint density at radius 1 is 1.44 bits per heavy atom. The van der Waals surface area contributed by atoms with Gasteiger partial charge in [0.25, 0.3) is 5.91 Å². The maximum Gasteiger partial charge on any atom is 0.251 e. The first-order chi connectivity index (χ1) is 8.75. The quantitative estimate of drug-likeness (QED) is 0.587. The Hall–Kier alpha value is -1.00. The van der Waals surface area contributed by atoms with E-state index in [0.29, 0.717) is 12.1 Å². The standard InChI is InChI=1S/C14H19NO2S/c16-14(12-3-1-4-13(18)9-12)15-7-2-8-17-10-11-5-6-11/h1,3-4,9,11,18H,2,5-8,10H2,(H,15,16).